The SMILES string of the molecule is CCCCOCCOCCOCC(C)(O)c1ccc(C(C)(O)COCCOCCOCCCC)cc1. The zero-order valence-corrected chi connectivity index (χ0v) is 23.0. The second-order valence-electron chi connectivity index (χ2n) is 9.39. The quantitative estimate of drug-likeness (QED) is 0.201. The molecule has 2 N–H and O–H groups in total. The van der Waals surface area contributed by atoms with Crippen LogP contribution in [0.5, 0.6) is 0 Å². The van der Waals surface area contributed by atoms with Crippen molar-refractivity contribution in [3.05, 3.63) is 35.4 Å². The molecule has 0 heterocycles. The molecule has 0 bridgehead atoms. The third-order valence-corrected chi connectivity index (χ3v) is 5.67. The van der Waals surface area contributed by atoms with Crippen LogP contribution in [0, 0.1) is 0 Å². The van der Waals surface area contributed by atoms with Gasteiger partial charge in [-0.25, -0.2) is 0 Å². The third kappa shape index (κ3) is 15.2. The first-order valence-corrected chi connectivity index (χ1v) is 13.4. The number of ether oxygens (including phenoxy) is 6. The van der Waals surface area contributed by atoms with E-state index < -0.39 is 11.2 Å². The minimum atomic E-state index is -1.15. The van der Waals surface area contributed by atoms with Gasteiger partial charge in [0.05, 0.1) is 66.1 Å². The molecule has 2 unspecified atom stereocenters. The molecule has 1 aromatic rings. The van der Waals surface area contributed by atoms with Crippen LogP contribution < -0.4 is 0 Å². The lowest BCUT2D eigenvalue weighted by molar-refractivity contribution is -0.0566. The van der Waals surface area contributed by atoms with E-state index in [4.69, 9.17) is 28.4 Å². The predicted molar refractivity (Wildman–Crippen MR) is 140 cm³/mol. The molecule has 0 aliphatic rings. The van der Waals surface area contributed by atoms with Crippen LogP contribution in [0.1, 0.15) is 64.5 Å². The first-order valence-electron chi connectivity index (χ1n) is 13.4. The largest absolute Gasteiger partial charge is 0.383 e. The van der Waals surface area contributed by atoms with Gasteiger partial charge in [-0.1, -0.05) is 51.0 Å². The van der Waals surface area contributed by atoms with E-state index in [-0.39, 0.29) is 13.2 Å². The normalized spacial score (nSPS) is 15.1. The lowest BCUT2D eigenvalue weighted by Gasteiger charge is -2.27. The Bertz CT molecular complexity index is 578. The molecule has 210 valence electrons. The summed E-state index contributed by atoms with van der Waals surface area (Å²) in [4.78, 5) is 0. The van der Waals surface area contributed by atoms with Gasteiger partial charge in [-0.15, -0.1) is 0 Å². The Kier molecular flexibility index (Phi) is 18.2. The molecule has 36 heavy (non-hydrogen) atoms. The predicted octanol–water partition coefficient (Wildman–Crippen LogP) is 3.80. The molecule has 8 nitrogen and oxygen atoms in total. The van der Waals surface area contributed by atoms with Crippen LogP contribution in [-0.2, 0) is 39.6 Å². The molecule has 0 aliphatic heterocycles. The molecule has 1 rings (SSSR count). The van der Waals surface area contributed by atoms with Crippen LogP contribution in [-0.4, -0.2) is 89.5 Å². The molecule has 0 saturated heterocycles. The zero-order valence-electron chi connectivity index (χ0n) is 23.0. The van der Waals surface area contributed by atoms with Crippen molar-refractivity contribution in [2.45, 2.75) is 64.6 Å². The Balaban J connectivity index is 2.24. The number of hydrogen-bond donors (Lipinski definition) is 2. The third-order valence-electron chi connectivity index (χ3n) is 5.67. The summed E-state index contributed by atoms with van der Waals surface area (Å²) in [5, 5.41) is 21.6. The monoisotopic (exact) mass is 514 g/mol. The highest BCUT2D eigenvalue weighted by Gasteiger charge is 2.27. The Labute approximate surface area is 218 Å². The van der Waals surface area contributed by atoms with Crippen LogP contribution in [0.3, 0.4) is 0 Å². The van der Waals surface area contributed by atoms with Gasteiger partial charge >= 0.3 is 0 Å². The molecule has 0 aromatic heterocycles. The van der Waals surface area contributed by atoms with Gasteiger partial charge in [0.2, 0.25) is 0 Å². The summed E-state index contributed by atoms with van der Waals surface area (Å²) < 4.78 is 33.1. The fourth-order valence-electron chi connectivity index (χ4n) is 3.27. The average molecular weight is 515 g/mol. The average Bonchev–Trinajstić information content (AvgIpc) is 2.86. The Morgan fingerprint density at radius 3 is 1.08 bits per heavy atom. The van der Waals surface area contributed by atoms with E-state index in [1.165, 1.54) is 0 Å². The van der Waals surface area contributed by atoms with Crippen LogP contribution in [0.25, 0.3) is 0 Å². The minimum absolute atomic E-state index is 0.145. The summed E-state index contributed by atoms with van der Waals surface area (Å²) in [5.41, 5.74) is -0.880. The van der Waals surface area contributed by atoms with E-state index in [0.29, 0.717) is 64.0 Å². The molecule has 0 amide bonds. The maximum Gasteiger partial charge on any atom is 0.110 e. The smallest absolute Gasteiger partial charge is 0.110 e. The summed E-state index contributed by atoms with van der Waals surface area (Å²) in [5.74, 6) is 0. The number of aliphatic hydroxyl groups is 2. The second-order valence-corrected chi connectivity index (χ2v) is 9.39. The zero-order chi connectivity index (χ0) is 26.5. The molecular weight excluding hydrogens is 464 g/mol. The van der Waals surface area contributed by atoms with Crippen molar-refractivity contribution in [2.75, 3.05) is 79.3 Å². The fourth-order valence-corrected chi connectivity index (χ4v) is 3.27. The van der Waals surface area contributed by atoms with Crippen LogP contribution in [0.15, 0.2) is 24.3 Å². The van der Waals surface area contributed by atoms with Gasteiger partial charge in [0.25, 0.3) is 0 Å². The Morgan fingerprint density at radius 1 is 0.500 bits per heavy atom. The summed E-state index contributed by atoms with van der Waals surface area (Å²) in [7, 11) is 0. The summed E-state index contributed by atoms with van der Waals surface area (Å²) >= 11 is 0. The van der Waals surface area contributed by atoms with Gasteiger partial charge in [0.1, 0.15) is 11.2 Å². The standard InChI is InChI=1S/C28H50O8/c1-5-7-13-31-15-17-33-19-21-35-23-27(3,29)25-9-11-26(12-10-25)28(4,30)24-36-22-20-34-18-16-32-14-8-6-2/h9-12,29-30H,5-8,13-24H2,1-4H3. The van der Waals surface area contributed by atoms with E-state index in [1.54, 1.807) is 38.1 Å². The molecule has 0 saturated carbocycles. The summed E-state index contributed by atoms with van der Waals surface area (Å²) in [6, 6.07) is 7.22. The Morgan fingerprint density at radius 2 is 0.778 bits per heavy atom. The van der Waals surface area contributed by atoms with Crippen LogP contribution >= 0.6 is 0 Å². The van der Waals surface area contributed by atoms with E-state index >= 15 is 0 Å². The van der Waals surface area contributed by atoms with E-state index in [0.717, 1.165) is 38.9 Å². The van der Waals surface area contributed by atoms with Crippen molar-refractivity contribution in [3.8, 4) is 0 Å². The highest BCUT2D eigenvalue weighted by Crippen LogP contribution is 2.26. The number of unbranched alkanes of at least 4 members (excludes halogenated alkanes) is 2. The van der Waals surface area contributed by atoms with Crippen molar-refractivity contribution in [1.82, 2.24) is 0 Å². The van der Waals surface area contributed by atoms with Gasteiger partial charge < -0.3 is 38.6 Å². The molecular formula is C28H50O8. The molecule has 0 radical (unpaired) electrons. The highest BCUT2D eigenvalue weighted by atomic mass is 16.6. The van der Waals surface area contributed by atoms with Gasteiger partial charge in [-0.3, -0.25) is 0 Å². The van der Waals surface area contributed by atoms with Gasteiger partial charge in [-0.05, 0) is 37.8 Å². The molecule has 8 heteroatoms. The van der Waals surface area contributed by atoms with Gasteiger partial charge in [-0.2, -0.15) is 0 Å². The van der Waals surface area contributed by atoms with Crippen molar-refractivity contribution in [2.24, 2.45) is 0 Å². The number of benzene rings is 1. The molecule has 0 aliphatic carbocycles. The van der Waals surface area contributed by atoms with E-state index in [2.05, 4.69) is 13.8 Å². The topological polar surface area (TPSA) is 95.8 Å². The van der Waals surface area contributed by atoms with Crippen LogP contribution in [0.4, 0.5) is 0 Å². The maximum absolute atomic E-state index is 10.8. The van der Waals surface area contributed by atoms with Crippen molar-refractivity contribution < 1.29 is 38.6 Å². The molecule has 0 fully saturated rings. The molecule has 2 atom stereocenters. The van der Waals surface area contributed by atoms with Gasteiger partial charge in [0.15, 0.2) is 0 Å². The highest BCUT2D eigenvalue weighted by molar-refractivity contribution is 5.30. The Hall–Kier alpha value is -1.10. The second kappa shape index (κ2) is 19.9. The lowest BCUT2D eigenvalue weighted by atomic mass is 9.91. The fraction of sp³-hybridized carbons (Fsp3) is 0.786. The van der Waals surface area contributed by atoms with Crippen molar-refractivity contribution >= 4 is 0 Å². The van der Waals surface area contributed by atoms with Crippen molar-refractivity contribution in [3.63, 3.8) is 0 Å². The lowest BCUT2D eigenvalue weighted by Crippen LogP contribution is -2.30. The first-order chi connectivity index (χ1) is 17.3. The number of hydrogen-bond acceptors (Lipinski definition) is 8. The minimum Gasteiger partial charge on any atom is -0.383 e. The summed E-state index contributed by atoms with van der Waals surface area (Å²) in [6.45, 7) is 13.4. The first kappa shape index (κ1) is 32.9. The maximum atomic E-state index is 10.8. The van der Waals surface area contributed by atoms with E-state index in [9.17, 15) is 10.2 Å². The molecule has 0 spiro atoms. The van der Waals surface area contributed by atoms with Gasteiger partial charge in [0, 0.05) is 13.2 Å². The van der Waals surface area contributed by atoms with Crippen LogP contribution in [0.2, 0.25) is 0 Å². The van der Waals surface area contributed by atoms with E-state index in [1.807, 2.05) is 0 Å². The number of rotatable bonds is 24. The molecule has 1 aromatic carbocycles. The van der Waals surface area contributed by atoms with Crippen molar-refractivity contribution in [1.29, 1.82) is 0 Å². The summed E-state index contributed by atoms with van der Waals surface area (Å²) in [6.07, 6.45) is 4.37.